The van der Waals surface area contributed by atoms with E-state index in [4.69, 9.17) is 0 Å². The number of nitrogens with zero attached hydrogens (tertiary/aromatic N) is 1. The predicted molar refractivity (Wildman–Crippen MR) is 86.6 cm³/mol. The molecular weight excluding hydrogens is 282 g/mol. The van der Waals surface area contributed by atoms with Gasteiger partial charge in [-0.3, -0.25) is 4.79 Å². The molecule has 2 heterocycles. The normalized spacial score (nSPS) is 18.4. The fourth-order valence-corrected chi connectivity index (χ4v) is 3.18. The van der Waals surface area contributed by atoms with Crippen molar-refractivity contribution < 1.29 is 4.79 Å². The van der Waals surface area contributed by atoms with Crippen molar-refractivity contribution >= 4 is 22.4 Å². The largest absolute Gasteiger partial charge is 0.306 e. The van der Waals surface area contributed by atoms with Crippen molar-refractivity contribution in [3.8, 4) is 11.3 Å². The van der Waals surface area contributed by atoms with Crippen LogP contribution in [0.4, 0.5) is 5.13 Å². The molecule has 2 N–H and O–H groups in total. The van der Waals surface area contributed by atoms with Gasteiger partial charge in [-0.2, -0.15) is 0 Å². The van der Waals surface area contributed by atoms with Gasteiger partial charge in [0.1, 0.15) is 0 Å². The maximum Gasteiger partial charge on any atom is 0.243 e. The average Bonchev–Trinajstić information content (AvgIpc) is 2.97. The fourth-order valence-electron chi connectivity index (χ4n) is 2.46. The van der Waals surface area contributed by atoms with Gasteiger partial charge in [0.2, 0.25) is 5.91 Å². The Balaban J connectivity index is 1.67. The number of anilines is 1. The zero-order valence-electron chi connectivity index (χ0n) is 12.1. The van der Waals surface area contributed by atoms with E-state index in [1.165, 1.54) is 16.9 Å². The van der Waals surface area contributed by atoms with Crippen LogP contribution in [-0.4, -0.2) is 23.5 Å². The Kier molecular flexibility index (Phi) is 4.31. The lowest BCUT2D eigenvalue weighted by molar-refractivity contribution is -0.118. The average molecular weight is 301 g/mol. The molecule has 0 saturated carbocycles. The molecule has 1 aromatic carbocycles. The van der Waals surface area contributed by atoms with Crippen molar-refractivity contribution in [2.24, 2.45) is 0 Å². The number of amides is 1. The topological polar surface area (TPSA) is 54.0 Å². The van der Waals surface area contributed by atoms with Crippen molar-refractivity contribution in [1.29, 1.82) is 0 Å². The lowest BCUT2D eigenvalue weighted by atomic mass is 10.0. The SMILES string of the molecule is Cc1ccc(-c2csc(NC(=O)C3CCCCN3)n2)cc1. The van der Waals surface area contributed by atoms with Gasteiger partial charge in [0.25, 0.3) is 0 Å². The molecule has 0 spiro atoms. The molecule has 0 aliphatic carbocycles. The van der Waals surface area contributed by atoms with E-state index in [9.17, 15) is 4.79 Å². The quantitative estimate of drug-likeness (QED) is 0.915. The number of aryl methyl sites for hydroxylation is 1. The molecule has 1 aliphatic heterocycles. The first-order chi connectivity index (χ1) is 10.2. The molecule has 2 aromatic rings. The van der Waals surface area contributed by atoms with Crippen LogP contribution in [-0.2, 0) is 4.79 Å². The summed E-state index contributed by atoms with van der Waals surface area (Å²) in [6.45, 7) is 2.98. The molecule has 3 rings (SSSR count). The second-order valence-electron chi connectivity index (χ2n) is 5.40. The maximum absolute atomic E-state index is 12.2. The molecule has 0 bridgehead atoms. The second kappa shape index (κ2) is 6.37. The first kappa shape index (κ1) is 14.2. The van der Waals surface area contributed by atoms with Gasteiger partial charge in [0.05, 0.1) is 11.7 Å². The highest BCUT2D eigenvalue weighted by Crippen LogP contribution is 2.25. The number of thiazole rings is 1. The summed E-state index contributed by atoms with van der Waals surface area (Å²) in [4.78, 5) is 16.7. The van der Waals surface area contributed by atoms with Crippen LogP contribution in [0.25, 0.3) is 11.3 Å². The summed E-state index contributed by atoms with van der Waals surface area (Å²) in [6.07, 6.45) is 3.16. The Hall–Kier alpha value is -1.72. The molecule has 1 atom stereocenters. The number of rotatable bonds is 3. The first-order valence-electron chi connectivity index (χ1n) is 7.29. The van der Waals surface area contributed by atoms with E-state index < -0.39 is 0 Å². The number of hydrogen-bond donors (Lipinski definition) is 2. The summed E-state index contributed by atoms with van der Waals surface area (Å²) in [5.74, 6) is 0.0273. The Morgan fingerprint density at radius 2 is 2.14 bits per heavy atom. The first-order valence-corrected chi connectivity index (χ1v) is 8.17. The van der Waals surface area contributed by atoms with E-state index in [2.05, 4.69) is 46.8 Å². The molecule has 21 heavy (non-hydrogen) atoms. The summed E-state index contributed by atoms with van der Waals surface area (Å²) in [6, 6.07) is 8.17. The number of carbonyl (C=O) groups excluding carboxylic acids is 1. The molecule has 1 aromatic heterocycles. The van der Waals surface area contributed by atoms with Crippen molar-refractivity contribution in [1.82, 2.24) is 10.3 Å². The van der Waals surface area contributed by atoms with Gasteiger partial charge in [-0.05, 0) is 26.3 Å². The van der Waals surface area contributed by atoms with Gasteiger partial charge in [-0.25, -0.2) is 4.98 Å². The molecule has 4 nitrogen and oxygen atoms in total. The van der Waals surface area contributed by atoms with Crippen LogP contribution in [0.1, 0.15) is 24.8 Å². The minimum absolute atomic E-state index is 0.0273. The molecule has 0 radical (unpaired) electrons. The van der Waals surface area contributed by atoms with E-state index in [-0.39, 0.29) is 11.9 Å². The van der Waals surface area contributed by atoms with Gasteiger partial charge in [0, 0.05) is 10.9 Å². The van der Waals surface area contributed by atoms with E-state index >= 15 is 0 Å². The third-order valence-corrected chi connectivity index (χ3v) is 4.47. The Labute approximate surface area is 128 Å². The van der Waals surface area contributed by atoms with Gasteiger partial charge < -0.3 is 10.6 Å². The summed E-state index contributed by atoms with van der Waals surface area (Å²) in [5, 5.41) is 8.82. The minimum atomic E-state index is -0.0783. The van der Waals surface area contributed by atoms with Crippen LogP contribution in [0.15, 0.2) is 29.6 Å². The summed E-state index contributed by atoms with van der Waals surface area (Å²) in [5.41, 5.74) is 3.21. The van der Waals surface area contributed by atoms with Crippen LogP contribution in [0.2, 0.25) is 0 Å². The maximum atomic E-state index is 12.2. The van der Waals surface area contributed by atoms with Crippen molar-refractivity contribution in [3.63, 3.8) is 0 Å². The van der Waals surface area contributed by atoms with E-state index in [0.29, 0.717) is 5.13 Å². The Morgan fingerprint density at radius 3 is 2.86 bits per heavy atom. The van der Waals surface area contributed by atoms with Gasteiger partial charge in [-0.1, -0.05) is 36.2 Å². The number of aromatic nitrogens is 1. The summed E-state index contributed by atoms with van der Waals surface area (Å²) < 4.78 is 0. The van der Waals surface area contributed by atoms with Crippen LogP contribution in [0.3, 0.4) is 0 Å². The Morgan fingerprint density at radius 1 is 1.33 bits per heavy atom. The van der Waals surface area contributed by atoms with Gasteiger partial charge in [0.15, 0.2) is 5.13 Å². The minimum Gasteiger partial charge on any atom is -0.306 e. The molecule has 110 valence electrons. The number of hydrogen-bond acceptors (Lipinski definition) is 4. The van der Waals surface area contributed by atoms with Crippen LogP contribution >= 0.6 is 11.3 Å². The highest BCUT2D eigenvalue weighted by Gasteiger charge is 2.21. The lowest BCUT2D eigenvalue weighted by Crippen LogP contribution is -2.43. The molecule has 1 fully saturated rings. The molecule has 1 aliphatic rings. The Bertz CT molecular complexity index is 615. The number of piperidine rings is 1. The van der Waals surface area contributed by atoms with E-state index in [1.807, 2.05) is 5.38 Å². The van der Waals surface area contributed by atoms with E-state index in [0.717, 1.165) is 37.1 Å². The standard InChI is InChI=1S/C16H19N3OS/c1-11-5-7-12(8-6-11)14-10-21-16(18-14)19-15(20)13-4-2-3-9-17-13/h5-8,10,13,17H,2-4,9H2,1H3,(H,18,19,20). The zero-order valence-corrected chi connectivity index (χ0v) is 12.9. The molecule has 1 unspecified atom stereocenters. The molecular formula is C16H19N3OS. The van der Waals surface area contributed by atoms with Crippen molar-refractivity contribution in [3.05, 3.63) is 35.2 Å². The molecule has 1 saturated heterocycles. The van der Waals surface area contributed by atoms with Crippen molar-refractivity contribution in [2.75, 3.05) is 11.9 Å². The fraction of sp³-hybridized carbons (Fsp3) is 0.375. The predicted octanol–water partition coefficient (Wildman–Crippen LogP) is 3.20. The number of carbonyl (C=O) groups is 1. The summed E-state index contributed by atoms with van der Waals surface area (Å²) in [7, 11) is 0. The smallest absolute Gasteiger partial charge is 0.243 e. The van der Waals surface area contributed by atoms with Crippen LogP contribution in [0, 0.1) is 6.92 Å². The van der Waals surface area contributed by atoms with Crippen molar-refractivity contribution in [2.45, 2.75) is 32.2 Å². The molecule has 1 amide bonds. The third-order valence-electron chi connectivity index (χ3n) is 3.71. The number of nitrogens with one attached hydrogen (secondary N) is 2. The zero-order chi connectivity index (χ0) is 14.7. The highest BCUT2D eigenvalue weighted by atomic mass is 32.1. The van der Waals surface area contributed by atoms with Crippen LogP contribution < -0.4 is 10.6 Å². The third kappa shape index (κ3) is 3.49. The number of benzene rings is 1. The monoisotopic (exact) mass is 301 g/mol. The van der Waals surface area contributed by atoms with E-state index in [1.54, 1.807) is 0 Å². The van der Waals surface area contributed by atoms with Gasteiger partial charge in [-0.15, -0.1) is 11.3 Å². The van der Waals surface area contributed by atoms with Crippen LogP contribution in [0.5, 0.6) is 0 Å². The summed E-state index contributed by atoms with van der Waals surface area (Å²) >= 11 is 1.47. The molecule has 5 heteroatoms. The highest BCUT2D eigenvalue weighted by molar-refractivity contribution is 7.14. The van der Waals surface area contributed by atoms with Gasteiger partial charge >= 0.3 is 0 Å². The lowest BCUT2D eigenvalue weighted by Gasteiger charge is -2.21. The second-order valence-corrected chi connectivity index (χ2v) is 6.25.